The molecule has 32 heavy (non-hydrogen) atoms. The van der Waals surface area contributed by atoms with Crippen molar-refractivity contribution < 1.29 is 19.8 Å². The van der Waals surface area contributed by atoms with Gasteiger partial charge in [-0.05, 0) is 106 Å². The molecule has 0 unspecified atom stereocenters. The van der Waals surface area contributed by atoms with E-state index in [0.717, 1.165) is 38.5 Å². The molecule has 0 aliphatic carbocycles. The summed E-state index contributed by atoms with van der Waals surface area (Å²) in [5.41, 5.74) is 0.175. The minimum atomic E-state index is -1.03. The minimum absolute atomic E-state index is 0.172. The van der Waals surface area contributed by atoms with Gasteiger partial charge in [0.2, 0.25) is 0 Å². The first-order valence-corrected chi connectivity index (χ1v) is 11.8. The number of hydrogen-bond donors (Lipinski definition) is 2. The summed E-state index contributed by atoms with van der Waals surface area (Å²) in [5, 5.41) is 20.5. The number of hydrogen-bond acceptors (Lipinski definition) is 4. The molecule has 0 bridgehead atoms. The van der Waals surface area contributed by atoms with Crippen LogP contribution in [0.2, 0.25) is 0 Å². The van der Waals surface area contributed by atoms with Crippen LogP contribution in [-0.2, 0) is 0 Å². The molecule has 2 aliphatic heterocycles. The Bertz CT molecular complexity index is 823. The highest BCUT2D eigenvalue weighted by molar-refractivity contribution is 6.06. The predicted octanol–water partition coefficient (Wildman–Crippen LogP) is 6.18. The van der Waals surface area contributed by atoms with E-state index >= 15 is 0 Å². The standard InChI is InChI=1S/C26H40N2O4/c1-23(2)13-9-14-24(3,4)27(23)19-17(21(29)30)11-12-18(22(31)32)20(19)28-25(5,6)15-10-16-26(28,7)8/h11-12H,9-10,13-16H2,1-8H3,(H,29,30)(H,31,32). The molecule has 178 valence electrons. The van der Waals surface area contributed by atoms with Crippen LogP contribution in [-0.4, -0.2) is 44.3 Å². The monoisotopic (exact) mass is 444 g/mol. The predicted molar refractivity (Wildman–Crippen MR) is 129 cm³/mol. The number of aromatic carboxylic acids is 2. The second-order valence-corrected chi connectivity index (χ2v) is 12.1. The van der Waals surface area contributed by atoms with E-state index in [1.807, 2.05) is 0 Å². The fourth-order valence-electron chi connectivity index (χ4n) is 6.58. The molecule has 2 aliphatic rings. The van der Waals surface area contributed by atoms with E-state index in [1.165, 1.54) is 12.1 Å². The Hall–Kier alpha value is -2.24. The largest absolute Gasteiger partial charge is 0.478 e. The van der Waals surface area contributed by atoms with Gasteiger partial charge in [-0.25, -0.2) is 9.59 Å². The molecule has 0 aromatic heterocycles. The maximum absolute atomic E-state index is 12.5. The smallest absolute Gasteiger partial charge is 0.337 e. The Morgan fingerprint density at radius 1 is 0.625 bits per heavy atom. The molecule has 3 rings (SSSR count). The molecule has 2 heterocycles. The summed E-state index contributed by atoms with van der Waals surface area (Å²) < 4.78 is 0. The molecule has 2 saturated heterocycles. The molecule has 1 aromatic carbocycles. The van der Waals surface area contributed by atoms with Crippen LogP contribution >= 0.6 is 0 Å². The number of piperidine rings is 2. The Morgan fingerprint density at radius 3 is 1.09 bits per heavy atom. The molecular weight excluding hydrogens is 404 g/mol. The van der Waals surface area contributed by atoms with Crippen molar-refractivity contribution in [3.05, 3.63) is 23.3 Å². The normalized spacial score (nSPS) is 23.6. The van der Waals surface area contributed by atoms with Crippen LogP contribution in [0.25, 0.3) is 0 Å². The van der Waals surface area contributed by atoms with Crippen molar-refractivity contribution in [2.24, 2.45) is 0 Å². The summed E-state index contributed by atoms with van der Waals surface area (Å²) in [6, 6.07) is 2.96. The Kier molecular flexibility index (Phi) is 5.85. The van der Waals surface area contributed by atoms with E-state index in [9.17, 15) is 19.8 Å². The van der Waals surface area contributed by atoms with Crippen molar-refractivity contribution in [3.63, 3.8) is 0 Å². The van der Waals surface area contributed by atoms with Crippen molar-refractivity contribution in [1.82, 2.24) is 0 Å². The molecule has 6 heteroatoms. The minimum Gasteiger partial charge on any atom is -0.478 e. The summed E-state index contributed by atoms with van der Waals surface area (Å²) in [7, 11) is 0. The highest BCUT2D eigenvalue weighted by atomic mass is 16.4. The van der Waals surface area contributed by atoms with Crippen molar-refractivity contribution in [1.29, 1.82) is 0 Å². The van der Waals surface area contributed by atoms with Crippen LogP contribution in [0.5, 0.6) is 0 Å². The quantitative estimate of drug-likeness (QED) is 0.577. The van der Waals surface area contributed by atoms with E-state index in [0.29, 0.717) is 11.4 Å². The van der Waals surface area contributed by atoms with E-state index in [4.69, 9.17) is 0 Å². The SMILES string of the molecule is CC1(C)CCCC(C)(C)N1c1c(C(=O)O)ccc(C(=O)O)c1N1C(C)(C)CCCC1(C)C. The van der Waals surface area contributed by atoms with Gasteiger partial charge in [-0.1, -0.05) is 0 Å². The van der Waals surface area contributed by atoms with Crippen molar-refractivity contribution >= 4 is 23.3 Å². The average Bonchev–Trinajstić information content (AvgIpc) is 2.58. The topological polar surface area (TPSA) is 81.1 Å². The van der Waals surface area contributed by atoms with Gasteiger partial charge in [0.05, 0.1) is 22.5 Å². The van der Waals surface area contributed by atoms with Gasteiger partial charge in [0.25, 0.3) is 0 Å². The fourth-order valence-corrected chi connectivity index (χ4v) is 6.58. The van der Waals surface area contributed by atoms with Gasteiger partial charge in [-0.2, -0.15) is 0 Å². The van der Waals surface area contributed by atoms with E-state index < -0.39 is 11.9 Å². The van der Waals surface area contributed by atoms with Gasteiger partial charge in [-0.15, -0.1) is 0 Å². The molecule has 0 radical (unpaired) electrons. The van der Waals surface area contributed by atoms with Crippen LogP contribution in [0.15, 0.2) is 12.1 Å². The van der Waals surface area contributed by atoms with Crippen molar-refractivity contribution in [2.45, 2.75) is 116 Å². The third-order valence-corrected chi connectivity index (χ3v) is 7.63. The van der Waals surface area contributed by atoms with E-state index in [2.05, 4.69) is 65.2 Å². The first kappa shape index (κ1) is 24.4. The van der Waals surface area contributed by atoms with Gasteiger partial charge < -0.3 is 20.0 Å². The highest BCUT2D eigenvalue weighted by Crippen LogP contribution is 2.53. The molecule has 0 spiro atoms. The fraction of sp³-hybridized carbons (Fsp3) is 0.692. The lowest BCUT2D eigenvalue weighted by molar-refractivity contribution is 0.0680. The van der Waals surface area contributed by atoms with Crippen LogP contribution in [0, 0.1) is 0 Å². The number of carboxylic acid groups (broad SMARTS) is 2. The molecule has 0 atom stereocenters. The molecule has 0 amide bonds. The first-order chi connectivity index (χ1) is 14.5. The lowest BCUT2D eigenvalue weighted by Crippen LogP contribution is -2.62. The highest BCUT2D eigenvalue weighted by Gasteiger charge is 2.49. The molecule has 6 nitrogen and oxygen atoms in total. The second kappa shape index (κ2) is 7.67. The van der Waals surface area contributed by atoms with Crippen LogP contribution in [0.4, 0.5) is 11.4 Å². The lowest BCUT2D eigenvalue weighted by atomic mass is 9.76. The summed E-state index contributed by atoms with van der Waals surface area (Å²) in [6.45, 7) is 17.1. The van der Waals surface area contributed by atoms with Gasteiger partial charge in [0, 0.05) is 22.2 Å². The van der Waals surface area contributed by atoms with Crippen LogP contribution in [0.3, 0.4) is 0 Å². The number of nitrogens with zero attached hydrogens (tertiary/aromatic N) is 2. The van der Waals surface area contributed by atoms with Gasteiger partial charge in [0.15, 0.2) is 0 Å². The van der Waals surface area contributed by atoms with E-state index in [1.54, 1.807) is 0 Å². The summed E-state index contributed by atoms with van der Waals surface area (Å²) in [4.78, 5) is 29.5. The summed E-state index contributed by atoms with van der Waals surface area (Å²) in [6.07, 6.45) is 5.76. The maximum atomic E-state index is 12.5. The number of carbonyl (C=O) groups is 2. The van der Waals surface area contributed by atoms with Crippen LogP contribution < -0.4 is 9.80 Å². The average molecular weight is 445 g/mol. The van der Waals surface area contributed by atoms with Gasteiger partial charge in [0.1, 0.15) is 0 Å². The number of benzene rings is 1. The maximum Gasteiger partial charge on any atom is 0.337 e. The Morgan fingerprint density at radius 2 is 0.875 bits per heavy atom. The van der Waals surface area contributed by atoms with Crippen LogP contribution in [0.1, 0.15) is 115 Å². The van der Waals surface area contributed by atoms with Gasteiger partial charge >= 0.3 is 11.9 Å². The van der Waals surface area contributed by atoms with Crippen molar-refractivity contribution in [2.75, 3.05) is 9.80 Å². The molecular formula is C26H40N2O4. The molecule has 2 N–H and O–H groups in total. The lowest BCUT2D eigenvalue weighted by Gasteiger charge is -2.59. The third-order valence-electron chi connectivity index (χ3n) is 7.63. The molecule has 2 fully saturated rings. The first-order valence-electron chi connectivity index (χ1n) is 11.8. The summed E-state index contributed by atoms with van der Waals surface area (Å²) >= 11 is 0. The van der Waals surface area contributed by atoms with Crippen molar-refractivity contribution in [3.8, 4) is 0 Å². The molecule has 0 saturated carbocycles. The zero-order valence-corrected chi connectivity index (χ0v) is 21.0. The Labute approximate surface area is 192 Å². The molecule has 1 aromatic rings. The van der Waals surface area contributed by atoms with Gasteiger partial charge in [-0.3, -0.25) is 0 Å². The third kappa shape index (κ3) is 3.97. The zero-order valence-electron chi connectivity index (χ0n) is 21.0. The van der Waals surface area contributed by atoms with E-state index in [-0.39, 0.29) is 33.3 Å². The number of anilines is 2. The number of rotatable bonds is 4. The number of carboxylic acids is 2. The summed E-state index contributed by atoms with van der Waals surface area (Å²) in [5.74, 6) is -2.05. The second-order valence-electron chi connectivity index (χ2n) is 12.1. The Balaban J connectivity index is 2.49. The zero-order chi connectivity index (χ0) is 24.3.